The van der Waals surface area contributed by atoms with Gasteiger partial charge in [-0.05, 0) is 48.6 Å². The van der Waals surface area contributed by atoms with Gasteiger partial charge >= 0.3 is 0 Å². The lowest BCUT2D eigenvalue weighted by molar-refractivity contribution is 0.102. The normalized spacial score (nSPS) is 11.8. The zero-order valence-corrected chi connectivity index (χ0v) is 17.2. The first-order chi connectivity index (χ1) is 12.5. The zero-order valence-electron chi connectivity index (χ0n) is 15.5. The molecule has 6 heteroatoms. The molecule has 1 amide bonds. The van der Waals surface area contributed by atoms with E-state index >= 15 is 0 Å². The smallest absolute Gasteiger partial charge is 0.257 e. The third-order valence-corrected chi connectivity index (χ3v) is 6.07. The quantitative estimate of drug-likeness (QED) is 0.487. The van der Waals surface area contributed by atoms with Crippen molar-refractivity contribution >= 4 is 40.0 Å². The van der Waals surface area contributed by atoms with Crippen LogP contribution in [0.3, 0.4) is 0 Å². The van der Waals surface area contributed by atoms with Crippen molar-refractivity contribution in [3.8, 4) is 0 Å². The Bertz CT molecular complexity index is 748. The fourth-order valence-electron chi connectivity index (χ4n) is 2.45. The topological polar surface area (TPSA) is 49.4 Å². The molecule has 0 fully saturated rings. The van der Waals surface area contributed by atoms with Crippen LogP contribution < -0.4 is 9.62 Å². The lowest BCUT2D eigenvalue weighted by Crippen LogP contribution is -2.23. The fourth-order valence-corrected chi connectivity index (χ4v) is 3.80. The maximum Gasteiger partial charge on any atom is 0.257 e. The van der Waals surface area contributed by atoms with E-state index in [-0.39, 0.29) is 5.91 Å². The summed E-state index contributed by atoms with van der Waals surface area (Å²) in [5.41, 5.74) is 1.90. The number of nitrogens with one attached hydrogen (secondary N) is 1. The molecule has 2 aromatic carbocycles. The number of benzene rings is 2. The Balaban J connectivity index is 2.03. The Kier molecular flexibility index (Phi) is 8.19. The van der Waals surface area contributed by atoms with Crippen molar-refractivity contribution in [3.05, 3.63) is 54.1 Å². The maximum atomic E-state index is 12.6. The van der Waals surface area contributed by atoms with Gasteiger partial charge in [0.1, 0.15) is 11.0 Å². The number of carbonyl (C=O) groups is 1. The van der Waals surface area contributed by atoms with Crippen molar-refractivity contribution in [2.24, 2.45) is 0 Å². The average molecular weight is 391 g/mol. The minimum absolute atomic E-state index is 0.207. The summed E-state index contributed by atoms with van der Waals surface area (Å²) in [5, 5.41) is 2.92. The maximum absolute atomic E-state index is 12.6. The Morgan fingerprint density at radius 2 is 1.81 bits per heavy atom. The van der Waals surface area contributed by atoms with E-state index in [1.165, 1.54) is 24.2 Å². The second-order valence-electron chi connectivity index (χ2n) is 5.97. The number of anilines is 2. The van der Waals surface area contributed by atoms with Crippen molar-refractivity contribution < 1.29 is 9.00 Å². The van der Waals surface area contributed by atoms with Crippen LogP contribution >= 0.6 is 11.8 Å². The van der Waals surface area contributed by atoms with E-state index < -0.39 is 11.0 Å². The van der Waals surface area contributed by atoms with Crippen LogP contribution in [0.5, 0.6) is 0 Å². The lowest BCUT2D eigenvalue weighted by atomic mass is 10.1. The molecule has 4 nitrogen and oxygen atoms in total. The molecule has 0 saturated heterocycles. The van der Waals surface area contributed by atoms with Gasteiger partial charge in [0.2, 0.25) is 0 Å². The van der Waals surface area contributed by atoms with Crippen LogP contribution in [-0.2, 0) is 11.0 Å². The SMILES string of the molecule is CCCCCSc1ccc(NC(=O)c2ccccc2N(C)S(C)=O)cc1. The largest absolute Gasteiger partial charge is 0.322 e. The first-order valence-electron chi connectivity index (χ1n) is 8.73. The Morgan fingerprint density at radius 1 is 1.12 bits per heavy atom. The number of unbranched alkanes of at least 4 members (excludes halogenated alkanes) is 2. The van der Waals surface area contributed by atoms with Crippen LogP contribution in [0.25, 0.3) is 0 Å². The summed E-state index contributed by atoms with van der Waals surface area (Å²) in [6.45, 7) is 2.20. The third kappa shape index (κ3) is 5.88. The number of hydrogen-bond donors (Lipinski definition) is 1. The van der Waals surface area contributed by atoms with E-state index in [4.69, 9.17) is 0 Å². The summed E-state index contributed by atoms with van der Waals surface area (Å²) in [6, 6.07) is 15.1. The number of nitrogens with zero attached hydrogens (tertiary/aromatic N) is 1. The second-order valence-corrected chi connectivity index (χ2v) is 8.54. The highest BCUT2D eigenvalue weighted by atomic mass is 32.2. The number of para-hydroxylation sites is 1. The summed E-state index contributed by atoms with van der Waals surface area (Å²) in [6.07, 6.45) is 5.31. The van der Waals surface area contributed by atoms with Crippen molar-refractivity contribution in [1.29, 1.82) is 0 Å². The van der Waals surface area contributed by atoms with E-state index in [0.29, 0.717) is 11.3 Å². The first-order valence-corrected chi connectivity index (χ1v) is 11.2. The van der Waals surface area contributed by atoms with Crippen LogP contribution in [0.1, 0.15) is 36.5 Å². The number of amides is 1. The van der Waals surface area contributed by atoms with E-state index in [1.54, 1.807) is 35.8 Å². The summed E-state index contributed by atoms with van der Waals surface area (Å²) in [4.78, 5) is 13.9. The number of rotatable bonds is 9. The fraction of sp³-hybridized carbons (Fsp3) is 0.350. The highest BCUT2D eigenvalue weighted by molar-refractivity contribution is 7.99. The van der Waals surface area contributed by atoms with Crippen LogP contribution in [0.4, 0.5) is 11.4 Å². The standard InChI is InChI=1S/C20H26N2O2S2/c1-4-5-8-15-25-17-13-11-16(12-14-17)21-20(23)18-9-6-7-10-19(18)22(2)26(3)24/h6-7,9-14H,4-5,8,15H2,1-3H3,(H,21,23). The molecule has 0 spiro atoms. The predicted octanol–water partition coefficient (Wildman–Crippen LogP) is 4.95. The van der Waals surface area contributed by atoms with Crippen molar-refractivity contribution in [2.45, 2.75) is 31.1 Å². The van der Waals surface area contributed by atoms with Gasteiger partial charge in [-0.1, -0.05) is 31.9 Å². The first kappa shape index (κ1) is 20.5. The zero-order chi connectivity index (χ0) is 18.9. The van der Waals surface area contributed by atoms with E-state index in [0.717, 1.165) is 11.4 Å². The van der Waals surface area contributed by atoms with Gasteiger partial charge in [-0.3, -0.25) is 9.10 Å². The van der Waals surface area contributed by atoms with Gasteiger partial charge in [-0.15, -0.1) is 11.8 Å². The summed E-state index contributed by atoms with van der Waals surface area (Å²) in [5.74, 6) is 0.911. The molecule has 140 valence electrons. The third-order valence-electron chi connectivity index (χ3n) is 4.00. The average Bonchev–Trinajstić information content (AvgIpc) is 2.65. The molecular weight excluding hydrogens is 364 g/mol. The monoisotopic (exact) mass is 390 g/mol. The van der Waals surface area contributed by atoms with Crippen LogP contribution in [0.2, 0.25) is 0 Å². The van der Waals surface area contributed by atoms with Crippen molar-refractivity contribution in [2.75, 3.05) is 28.7 Å². The molecule has 2 aromatic rings. The molecule has 1 N–H and O–H groups in total. The number of thioether (sulfide) groups is 1. The van der Waals surface area contributed by atoms with Gasteiger partial charge in [-0.25, -0.2) is 4.21 Å². The number of carbonyl (C=O) groups excluding carboxylic acids is 1. The van der Waals surface area contributed by atoms with Gasteiger partial charge < -0.3 is 5.32 Å². The molecule has 0 aliphatic carbocycles. The Hall–Kier alpha value is -1.79. The van der Waals surface area contributed by atoms with Crippen LogP contribution in [-0.4, -0.2) is 29.2 Å². The highest BCUT2D eigenvalue weighted by Gasteiger charge is 2.15. The summed E-state index contributed by atoms with van der Waals surface area (Å²) >= 11 is 1.84. The van der Waals surface area contributed by atoms with Crippen molar-refractivity contribution in [1.82, 2.24) is 0 Å². The van der Waals surface area contributed by atoms with Gasteiger partial charge in [0.05, 0.1) is 11.3 Å². The summed E-state index contributed by atoms with van der Waals surface area (Å²) < 4.78 is 13.3. The lowest BCUT2D eigenvalue weighted by Gasteiger charge is -2.19. The number of hydrogen-bond acceptors (Lipinski definition) is 3. The van der Waals surface area contributed by atoms with Crippen molar-refractivity contribution in [3.63, 3.8) is 0 Å². The van der Waals surface area contributed by atoms with E-state index in [2.05, 4.69) is 12.2 Å². The predicted molar refractivity (Wildman–Crippen MR) is 114 cm³/mol. The molecule has 0 saturated carbocycles. The van der Waals surface area contributed by atoms with Gasteiger partial charge in [0.15, 0.2) is 0 Å². The molecular formula is C20H26N2O2S2. The van der Waals surface area contributed by atoms with Crippen LogP contribution in [0.15, 0.2) is 53.4 Å². The molecule has 26 heavy (non-hydrogen) atoms. The van der Waals surface area contributed by atoms with E-state index in [1.807, 2.05) is 42.1 Å². The minimum atomic E-state index is -1.19. The molecule has 1 unspecified atom stereocenters. The molecule has 0 aliphatic heterocycles. The molecule has 1 atom stereocenters. The Morgan fingerprint density at radius 3 is 2.46 bits per heavy atom. The molecule has 2 rings (SSSR count). The highest BCUT2D eigenvalue weighted by Crippen LogP contribution is 2.24. The minimum Gasteiger partial charge on any atom is -0.322 e. The molecule has 0 aromatic heterocycles. The molecule has 0 radical (unpaired) electrons. The molecule has 0 aliphatic rings. The second kappa shape index (κ2) is 10.4. The summed E-state index contributed by atoms with van der Waals surface area (Å²) in [7, 11) is 0.523. The molecule has 0 heterocycles. The van der Waals surface area contributed by atoms with Crippen LogP contribution in [0, 0.1) is 0 Å². The Labute approximate surface area is 163 Å². The van der Waals surface area contributed by atoms with Gasteiger partial charge in [0, 0.05) is 23.9 Å². The van der Waals surface area contributed by atoms with Gasteiger partial charge in [-0.2, -0.15) is 0 Å². The van der Waals surface area contributed by atoms with Gasteiger partial charge in [0.25, 0.3) is 5.91 Å². The van der Waals surface area contributed by atoms with E-state index in [9.17, 15) is 9.00 Å². The molecule has 0 bridgehead atoms.